The summed E-state index contributed by atoms with van der Waals surface area (Å²) in [5.74, 6) is 0.464. The topological polar surface area (TPSA) is 91.1 Å². The van der Waals surface area contributed by atoms with Gasteiger partial charge in [-0.1, -0.05) is 6.92 Å². The van der Waals surface area contributed by atoms with Gasteiger partial charge in [-0.15, -0.1) is 0 Å². The number of methoxy groups -OCH3 is 1. The second-order valence-corrected chi connectivity index (χ2v) is 6.80. The summed E-state index contributed by atoms with van der Waals surface area (Å²) < 4.78 is 31.6. The minimum atomic E-state index is -0.494. The number of pyridine rings is 1. The van der Waals surface area contributed by atoms with Gasteiger partial charge in [-0.05, 0) is 19.4 Å². The molecule has 0 spiro atoms. The second-order valence-electron chi connectivity index (χ2n) is 6.80. The number of carbonyl (C=O) groups excluding carboxylic acids is 1. The number of nitrogens with zero attached hydrogens (tertiary/aromatic N) is 5. The van der Waals surface area contributed by atoms with Crippen molar-refractivity contribution < 1.29 is 23.4 Å². The highest BCUT2D eigenvalue weighted by molar-refractivity contribution is 5.95. The number of halogens is 1. The van der Waals surface area contributed by atoms with Gasteiger partial charge in [-0.3, -0.25) is 0 Å². The number of ether oxygens (including phenoxy) is 3. The van der Waals surface area contributed by atoms with Crippen molar-refractivity contribution in [3.05, 3.63) is 41.6 Å². The minimum Gasteiger partial charge on any atom is -0.486 e. The standard InChI is InChI=1S/C20H22FN5O4/c1-4-14-11-30-16-10-26-17(15(8-23-26)20(27)29-5-2)24-18(16)25(14)9-12-6-13(21)7-22-19(12)28-3/h6-8,10,14H,4-5,9,11H2,1-3H3/t14-/m1/s1. The van der Waals surface area contributed by atoms with E-state index >= 15 is 0 Å². The first kappa shape index (κ1) is 19.9. The fourth-order valence-corrected chi connectivity index (χ4v) is 3.49. The quantitative estimate of drug-likeness (QED) is 0.568. The van der Waals surface area contributed by atoms with Crippen LogP contribution in [0.25, 0.3) is 5.65 Å². The zero-order valence-corrected chi connectivity index (χ0v) is 17.0. The molecule has 9 nitrogen and oxygen atoms in total. The van der Waals surface area contributed by atoms with Crippen LogP contribution in [0.5, 0.6) is 11.6 Å². The van der Waals surface area contributed by atoms with Crippen LogP contribution in [0.3, 0.4) is 0 Å². The average molecular weight is 415 g/mol. The molecule has 10 heteroatoms. The molecular formula is C20H22FN5O4. The molecule has 0 saturated carbocycles. The van der Waals surface area contributed by atoms with Crippen molar-refractivity contribution in [2.24, 2.45) is 0 Å². The molecule has 1 atom stereocenters. The molecule has 0 bridgehead atoms. The van der Waals surface area contributed by atoms with Gasteiger partial charge in [0.05, 0.1) is 44.9 Å². The summed E-state index contributed by atoms with van der Waals surface area (Å²) in [5.41, 5.74) is 1.22. The van der Waals surface area contributed by atoms with Crippen molar-refractivity contribution in [2.75, 3.05) is 25.2 Å². The zero-order chi connectivity index (χ0) is 21.3. The predicted octanol–water partition coefficient (Wildman–Crippen LogP) is 2.63. The number of fused-ring (bicyclic) bond motifs is 2. The SMILES string of the molecule is CCOC(=O)c1cnn2cc3c(nc12)N(Cc1cc(F)cnc1OC)[C@H](CC)CO3. The van der Waals surface area contributed by atoms with Crippen LogP contribution in [-0.4, -0.2) is 51.9 Å². The summed E-state index contributed by atoms with van der Waals surface area (Å²) >= 11 is 0. The zero-order valence-electron chi connectivity index (χ0n) is 17.0. The van der Waals surface area contributed by atoms with Gasteiger partial charge in [0.2, 0.25) is 5.88 Å². The maximum absolute atomic E-state index is 13.9. The fourth-order valence-electron chi connectivity index (χ4n) is 3.49. The molecule has 0 fully saturated rings. The Balaban J connectivity index is 1.80. The monoisotopic (exact) mass is 415 g/mol. The van der Waals surface area contributed by atoms with Gasteiger partial charge in [0.15, 0.2) is 17.2 Å². The summed E-state index contributed by atoms with van der Waals surface area (Å²) in [6.45, 7) is 4.78. The van der Waals surface area contributed by atoms with E-state index in [0.29, 0.717) is 41.8 Å². The Bertz CT molecular complexity index is 1090. The number of rotatable bonds is 6. The Morgan fingerprint density at radius 3 is 2.93 bits per heavy atom. The number of anilines is 1. The molecule has 3 aromatic heterocycles. The lowest BCUT2D eigenvalue weighted by Gasteiger charge is -2.37. The predicted molar refractivity (Wildman–Crippen MR) is 105 cm³/mol. The van der Waals surface area contributed by atoms with Gasteiger partial charge in [-0.25, -0.2) is 23.7 Å². The first-order chi connectivity index (χ1) is 14.5. The Kier molecular flexibility index (Phi) is 5.39. The summed E-state index contributed by atoms with van der Waals surface area (Å²) in [7, 11) is 1.49. The molecule has 0 unspecified atom stereocenters. The highest BCUT2D eigenvalue weighted by atomic mass is 19.1. The molecule has 30 heavy (non-hydrogen) atoms. The Morgan fingerprint density at radius 1 is 1.37 bits per heavy atom. The van der Waals surface area contributed by atoms with Crippen molar-refractivity contribution >= 4 is 17.4 Å². The molecule has 3 aromatic rings. The van der Waals surface area contributed by atoms with E-state index in [-0.39, 0.29) is 18.2 Å². The average Bonchev–Trinajstić information content (AvgIpc) is 3.16. The molecule has 4 heterocycles. The van der Waals surface area contributed by atoms with E-state index in [9.17, 15) is 9.18 Å². The third-order valence-corrected chi connectivity index (χ3v) is 4.98. The van der Waals surface area contributed by atoms with E-state index in [1.165, 1.54) is 23.9 Å². The van der Waals surface area contributed by atoms with E-state index in [1.54, 1.807) is 13.1 Å². The van der Waals surface area contributed by atoms with Gasteiger partial charge in [0, 0.05) is 5.56 Å². The number of aromatic nitrogens is 4. The first-order valence-corrected chi connectivity index (χ1v) is 9.69. The van der Waals surface area contributed by atoms with Crippen LogP contribution >= 0.6 is 0 Å². The van der Waals surface area contributed by atoms with Gasteiger partial charge >= 0.3 is 5.97 Å². The lowest BCUT2D eigenvalue weighted by Crippen LogP contribution is -2.43. The van der Waals surface area contributed by atoms with Crippen molar-refractivity contribution in [2.45, 2.75) is 32.9 Å². The molecule has 0 amide bonds. The molecule has 1 aliphatic rings. The highest BCUT2D eigenvalue weighted by Crippen LogP contribution is 2.35. The Morgan fingerprint density at radius 2 is 2.20 bits per heavy atom. The number of hydrogen-bond acceptors (Lipinski definition) is 8. The van der Waals surface area contributed by atoms with Gasteiger partial charge in [0.25, 0.3) is 0 Å². The lowest BCUT2D eigenvalue weighted by molar-refractivity contribution is 0.0528. The van der Waals surface area contributed by atoms with Crippen molar-refractivity contribution in [3.8, 4) is 11.6 Å². The van der Waals surface area contributed by atoms with Gasteiger partial charge in [-0.2, -0.15) is 5.10 Å². The van der Waals surface area contributed by atoms with E-state index in [4.69, 9.17) is 14.2 Å². The van der Waals surface area contributed by atoms with Crippen LogP contribution in [0.1, 0.15) is 36.2 Å². The molecule has 1 aliphatic heterocycles. The number of hydrogen-bond donors (Lipinski definition) is 0. The maximum Gasteiger partial charge on any atom is 0.343 e. The summed E-state index contributed by atoms with van der Waals surface area (Å²) in [6, 6.07) is 1.39. The maximum atomic E-state index is 13.9. The molecule has 4 rings (SSSR count). The number of esters is 1. The molecule has 0 radical (unpaired) electrons. The second kappa shape index (κ2) is 8.13. The van der Waals surface area contributed by atoms with Crippen LogP contribution in [0.4, 0.5) is 10.2 Å². The fraction of sp³-hybridized carbons (Fsp3) is 0.400. The molecule has 158 valence electrons. The van der Waals surface area contributed by atoms with Crippen molar-refractivity contribution in [1.82, 2.24) is 19.6 Å². The lowest BCUT2D eigenvalue weighted by atomic mass is 10.1. The smallest absolute Gasteiger partial charge is 0.343 e. The van der Waals surface area contributed by atoms with Gasteiger partial charge in [0.1, 0.15) is 18.0 Å². The highest BCUT2D eigenvalue weighted by Gasteiger charge is 2.31. The third-order valence-electron chi connectivity index (χ3n) is 4.98. The summed E-state index contributed by atoms with van der Waals surface area (Å²) in [4.78, 5) is 23.0. The van der Waals surface area contributed by atoms with Crippen LogP contribution in [0.15, 0.2) is 24.7 Å². The van der Waals surface area contributed by atoms with Crippen LogP contribution < -0.4 is 14.4 Å². The van der Waals surface area contributed by atoms with E-state index in [2.05, 4.69) is 15.1 Å². The molecular weight excluding hydrogens is 393 g/mol. The Hall–Kier alpha value is -3.43. The minimum absolute atomic E-state index is 0.00520. The third kappa shape index (κ3) is 3.49. The van der Waals surface area contributed by atoms with Crippen LogP contribution in [0, 0.1) is 5.82 Å². The first-order valence-electron chi connectivity index (χ1n) is 9.69. The van der Waals surface area contributed by atoms with Gasteiger partial charge < -0.3 is 19.1 Å². The van der Waals surface area contributed by atoms with Crippen molar-refractivity contribution in [1.29, 1.82) is 0 Å². The van der Waals surface area contributed by atoms with E-state index in [0.717, 1.165) is 12.6 Å². The Labute approximate surface area is 172 Å². The normalized spacial score (nSPS) is 15.6. The summed E-state index contributed by atoms with van der Waals surface area (Å²) in [6.07, 6.45) is 5.00. The van der Waals surface area contributed by atoms with Crippen molar-refractivity contribution in [3.63, 3.8) is 0 Å². The summed E-state index contributed by atoms with van der Waals surface area (Å²) in [5, 5.41) is 4.19. The van der Waals surface area contributed by atoms with E-state index < -0.39 is 11.8 Å². The largest absolute Gasteiger partial charge is 0.486 e. The van der Waals surface area contributed by atoms with Crippen LogP contribution in [-0.2, 0) is 11.3 Å². The number of carbonyl (C=O) groups is 1. The van der Waals surface area contributed by atoms with Crippen LogP contribution in [0.2, 0.25) is 0 Å². The van der Waals surface area contributed by atoms with E-state index in [1.807, 2.05) is 11.8 Å². The molecule has 0 saturated heterocycles. The molecule has 0 aromatic carbocycles. The molecule has 0 aliphatic carbocycles. The molecule has 0 N–H and O–H groups in total.